The van der Waals surface area contributed by atoms with Gasteiger partial charge in [-0.2, -0.15) is 0 Å². The SMILES string of the molecule is NC(=O)c1cccc2c1O/C(=C\CCl)C2=O. The molecule has 0 bridgehead atoms. The van der Waals surface area contributed by atoms with Gasteiger partial charge >= 0.3 is 0 Å². The number of nitrogens with two attached hydrogens (primary N) is 1. The van der Waals surface area contributed by atoms with Crippen LogP contribution in [0.25, 0.3) is 0 Å². The molecular formula is C11H8ClNO3. The summed E-state index contributed by atoms with van der Waals surface area (Å²) in [5.41, 5.74) is 5.71. The Labute approximate surface area is 96.6 Å². The number of carbonyl (C=O) groups excluding carboxylic acids is 2. The van der Waals surface area contributed by atoms with E-state index >= 15 is 0 Å². The Hall–Kier alpha value is -1.81. The van der Waals surface area contributed by atoms with Gasteiger partial charge in [-0.25, -0.2) is 0 Å². The fourth-order valence-corrected chi connectivity index (χ4v) is 1.65. The minimum atomic E-state index is -0.628. The van der Waals surface area contributed by atoms with Crippen molar-refractivity contribution in [2.24, 2.45) is 5.73 Å². The van der Waals surface area contributed by atoms with E-state index in [0.29, 0.717) is 5.56 Å². The average Bonchev–Trinajstić information content (AvgIpc) is 2.57. The Morgan fingerprint density at radius 2 is 2.25 bits per heavy atom. The third-order valence-electron chi connectivity index (χ3n) is 2.22. The number of Topliss-reactive ketones (excluding diaryl/α,β-unsaturated/α-hetero) is 1. The summed E-state index contributed by atoms with van der Waals surface area (Å²) in [5, 5.41) is 0. The normalized spacial score (nSPS) is 16.1. The van der Waals surface area contributed by atoms with E-state index in [0.717, 1.165) is 0 Å². The van der Waals surface area contributed by atoms with E-state index in [9.17, 15) is 9.59 Å². The van der Waals surface area contributed by atoms with E-state index in [1.165, 1.54) is 12.1 Å². The zero-order valence-electron chi connectivity index (χ0n) is 8.20. The fraction of sp³-hybridized carbons (Fsp3) is 0.0909. The predicted octanol–water partition coefficient (Wildman–Crippen LogP) is 1.48. The average molecular weight is 238 g/mol. The van der Waals surface area contributed by atoms with Gasteiger partial charge in [-0.15, -0.1) is 11.6 Å². The van der Waals surface area contributed by atoms with Gasteiger partial charge in [0, 0.05) is 5.88 Å². The minimum absolute atomic E-state index is 0.138. The van der Waals surface area contributed by atoms with E-state index in [-0.39, 0.29) is 28.7 Å². The van der Waals surface area contributed by atoms with Crippen molar-refractivity contribution < 1.29 is 14.3 Å². The number of amides is 1. The first-order valence-electron chi connectivity index (χ1n) is 4.56. The number of para-hydroxylation sites is 1. The molecule has 2 rings (SSSR count). The number of ketones is 1. The van der Waals surface area contributed by atoms with E-state index < -0.39 is 5.91 Å². The van der Waals surface area contributed by atoms with Crippen molar-refractivity contribution in [3.8, 4) is 5.75 Å². The first-order valence-corrected chi connectivity index (χ1v) is 5.10. The molecule has 0 spiro atoms. The van der Waals surface area contributed by atoms with Crippen molar-refractivity contribution in [1.29, 1.82) is 0 Å². The Kier molecular flexibility index (Phi) is 2.66. The minimum Gasteiger partial charge on any atom is -0.452 e. The summed E-state index contributed by atoms with van der Waals surface area (Å²) in [6.45, 7) is 0. The van der Waals surface area contributed by atoms with Gasteiger partial charge in [0.2, 0.25) is 5.78 Å². The molecule has 0 fully saturated rings. The van der Waals surface area contributed by atoms with Crippen molar-refractivity contribution in [3.05, 3.63) is 41.2 Å². The van der Waals surface area contributed by atoms with Crippen LogP contribution in [0.2, 0.25) is 0 Å². The molecule has 0 aliphatic carbocycles. The second-order valence-electron chi connectivity index (χ2n) is 3.20. The van der Waals surface area contributed by atoms with Gasteiger partial charge in [-0.05, 0) is 18.2 Å². The lowest BCUT2D eigenvalue weighted by Crippen LogP contribution is -2.11. The van der Waals surface area contributed by atoms with E-state index in [4.69, 9.17) is 22.1 Å². The molecule has 0 aromatic heterocycles. The molecule has 2 N–H and O–H groups in total. The van der Waals surface area contributed by atoms with Crippen molar-refractivity contribution in [3.63, 3.8) is 0 Å². The van der Waals surface area contributed by atoms with Crippen molar-refractivity contribution in [2.45, 2.75) is 0 Å². The number of primary amides is 1. The van der Waals surface area contributed by atoms with Gasteiger partial charge in [0.25, 0.3) is 5.91 Å². The second-order valence-corrected chi connectivity index (χ2v) is 3.51. The van der Waals surface area contributed by atoms with Crippen LogP contribution in [0.15, 0.2) is 30.0 Å². The van der Waals surface area contributed by atoms with Gasteiger partial charge in [0.05, 0.1) is 11.1 Å². The van der Waals surface area contributed by atoms with Crippen LogP contribution in [-0.2, 0) is 0 Å². The van der Waals surface area contributed by atoms with Crippen molar-refractivity contribution >= 4 is 23.3 Å². The van der Waals surface area contributed by atoms with Gasteiger partial charge < -0.3 is 10.5 Å². The lowest BCUT2D eigenvalue weighted by molar-refractivity contribution is 0.0991. The molecule has 1 amide bonds. The number of alkyl halides is 1. The number of allylic oxidation sites excluding steroid dienone is 2. The predicted molar refractivity (Wildman–Crippen MR) is 58.7 cm³/mol. The molecule has 0 radical (unpaired) electrons. The summed E-state index contributed by atoms with van der Waals surface area (Å²) in [6.07, 6.45) is 1.45. The highest BCUT2D eigenvalue weighted by Gasteiger charge is 2.30. The van der Waals surface area contributed by atoms with Crippen LogP contribution in [0.3, 0.4) is 0 Å². The highest BCUT2D eigenvalue weighted by atomic mass is 35.5. The van der Waals surface area contributed by atoms with E-state index in [1.807, 2.05) is 0 Å². The largest absolute Gasteiger partial charge is 0.452 e. The molecule has 0 atom stereocenters. The smallest absolute Gasteiger partial charge is 0.252 e. The highest BCUT2D eigenvalue weighted by Crippen LogP contribution is 2.33. The Bertz CT molecular complexity index is 508. The van der Waals surface area contributed by atoms with Gasteiger partial charge in [-0.1, -0.05) is 6.07 Å². The maximum absolute atomic E-state index is 11.8. The Morgan fingerprint density at radius 1 is 1.50 bits per heavy atom. The Balaban J connectivity index is 2.55. The van der Waals surface area contributed by atoms with Crippen LogP contribution in [0.5, 0.6) is 5.75 Å². The molecule has 0 saturated heterocycles. The number of ether oxygens (including phenoxy) is 1. The van der Waals surface area contributed by atoms with E-state index in [2.05, 4.69) is 0 Å². The molecule has 0 saturated carbocycles. The van der Waals surface area contributed by atoms with Crippen molar-refractivity contribution in [1.82, 2.24) is 0 Å². The molecule has 1 heterocycles. The summed E-state index contributed by atoms with van der Waals surface area (Å²) in [6, 6.07) is 4.68. The third kappa shape index (κ3) is 1.57. The zero-order valence-corrected chi connectivity index (χ0v) is 8.95. The third-order valence-corrected chi connectivity index (χ3v) is 2.38. The van der Waals surface area contributed by atoms with E-state index in [1.54, 1.807) is 12.1 Å². The lowest BCUT2D eigenvalue weighted by Gasteiger charge is -2.02. The van der Waals surface area contributed by atoms with Gasteiger partial charge in [-0.3, -0.25) is 9.59 Å². The number of fused-ring (bicyclic) bond motifs is 1. The summed E-state index contributed by atoms with van der Waals surface area (Å²) in [5.74, 6) is -0.383. The summed E-state index contributed by atoms with van der Waals surface area (Å²) in [4.78, 5) is 22.9. The number of hydrogen-bond acceptors (Lipinski definition) is 3. The molecular weight excluding hydrogens is 230 g/mol. The number of rotatable bonds is 2. The second kappa shape index (κ2) is 3.98. The standard InChI is InChI=1S/C11H8ClNO3/c12-5-4-8-9(14)6-2-1-3-7(11(13)15)10(6)16-8/h1-4H,5H2,(H2,13,15)/b8-4-. The zero-order chi connectivity index (χ0) is 11.7. The summed E-state index contributed by atoms with van der Waals surface area (Å²) in [7, 11) is 0. The summed E-state index contributed by atoms with van der Waals surface area (Å²) >= 11 is 5.49. The number of halogens is 1. The molecule has 1 aliphatic rings. The molecule has 1 aliphatic heterocycles. The maximum Gasteiger partial charge on any atom is 0.252 e. The monoisotopic (exact) mass is 237 g/mol. The van der Waals surface area contributed by atoms with Crippen LogP contribution in [0.1, 0.15) is 20.7 Å². The topological polar surface area (TPSA) is 69.4 Å². The Morgan fingerprint density at radius 3 is 2.88 bits per heavy atom. The first kappa shape index (κ1) is 10.7. The van der Waals surface area contributed by atoms with Crippen molar-refractivity contribution in [2.75, 3.05) is 5.88 Å². The molecule has 1 aromatic carbocycles. The number of hydrogen-bond donors (Lipinski definition) is 1. The molecule has 5 heteroatoms. The maximum atomic E-state index is 11.8. The number of carbonyl (C=O) groups is 2. The molecule has 4 nitrogen and oxygen atoms in total. The van der Waals surface area contributed by atoms with Crippen LogP contribution in [0, 0.1) is 0 Å². The number of benzene rings is 1. The van der Waals surface area contributed by atoms with Crippen LogP contribution in [0.4, 0.5) is 0 Å². The lowest BCUT2D eigenvalue weighted by atomic mass is 10.1. The van der Waals surface area contributed by atoms with Gasteiger partial charge in [0.15, 0.2) is 11.5 Å². The first-order chi connectivity index (χ1) is 7.65. The highest BCUT2D eigenvalue weighted by molar-refractivity contribution is 6.20. The van der Waals surface area contributed by atoms with Crippen LogP contribution in [-0.4, -0.2) is 17.6 Å². The fourth-order valence-electron chi connectivity index (χ4n) is 1.51. The molecule has 16 heavy (non-hydrogen) atoms. The summed E-state index contributed by atoms with van der Waals surface area (Å²) < 4.78 is 5.28. The molecule has 82 valence electrons. The van der Waals surface area contributed by atoms with Gasteiger partial charge in [0.1, 0.15) is 0 Å². The molecule has 1 aromatic rings. The van der Waals surface area contributed by atoms with Crippen LogP contribution < -0.4 is 10.5 Å². The van der Waals surface area contributed by atoms with Crippen LogP contribution >= 0.6 is 11.6 Å². The quantitative estimate of drug-likeness (QED) is 0.626. The molecule has 0 unspecified atom stereocenters.